The number of aromatic nitrogens is 3. The maximum Gasteiger partial charge on any atom is 0.127 e. The van der Waals surface area contributed by atoms with Crippen LogP contribution in [0.5, 0.6) is 0 Å². The van der Waals surface area contributed by atoms with Gasteiger partial charge in [-0.1, -0.05) is 43.7 Å². The van der Waals surface area contributed by atoms with Gasteiger partial charge in [-0.25, -0.2) is 15.0 Å². The molecule has 1 aliphatic rings. The summed E-state index contributed by atoms with van der Waals surface area (Å²) >= 11 is 3.62. The van der Waals surface area contributed by atoms with Crippen molar-refractivity contribution in [3.8, 4) is 11.3 Å². The molecule has 1 aromatic carbocycles. The minimum Gasteiger partial charge on any atom is -0.236 e. The predicted molar refractivity (Wildman–Crippen MR) is 116 cm³/mol. The molecule has 0 radical (unpaired) electrons. The minimum atomic E-state index is 1.11. The van der Waals surface area contributed by atoms with Crippen LogP contribution in [0, 0.1) is 0 Å². The van der Waals surface area contributed by atoms with Crippen LogP contribution < -0.4 is 0 Å². The summed E-state index contributed by atoms with van der Waals surface area (Å²) in [5.74, 6) is 1.11. The molecular weight excluding hydrogens is 370 g/mol. The molecule has 0 N–H and O–H groups in total. The molecule has 0 saturated carbocycles. The van der Waals surface area contributed by atoms with E-state index in [-0.39, 0.29) is 0 Å². The molecule has 5 rings (SSSR count). The summed E-state index contributed by atoms with van der Waals surface area (Å²) in [5, 5.41) is 2.39. The first-order valence-corrected chi connectivity index (χ1v) is 11.4. The smallest absolute Gasteiger partial charge is 0.127 e. The van der Waals surface area contributed by atoms with Crippen molar-refractivity contribution in [3.05, 3.63) is 47.8 Å². The Morgan fingerprint density at radius 1 is 1.07 bits per heavy atom. The number of unbranched alkanes of at least 4 members (excludes halogenated alkanes) is 1. The van der Waals surface area contributed by atoms with Crippen molar-refractivity contribution in [2.75, 3.05) is 5.75 Å². The molecule has 27 heavy (non-hydrogen) atoms. The molecule has 0 aliphatic heterocycles. The summed E-state index contributed by atoms with van der Waals surface area (Å²) in [5.41, 5.74) is 6.38. The highest BCUT2D eigenvalue weighted by Gasteiger charge is 2.24. The molecule has 0 spiro atoms. The Kier molecular flexibility index (Phi) is 4.58. The van der Waals surface area contributed by atoms with Crippen LogP contribution >= 0.6 is 23.1 Å². The van der Waals surface area contributed by atoms with E-state index in [2.05, 4.69) is 47.2 Å². The molecule has 5 heteroatoms. The Hall–Kier alpha value is -1.98. The zero-order chi connectivity index (χ0) is 18.2. The Bertz CT molecular complexity index is 1120. The maximum absolute atomic E-state index is 5.13. The fourth-order valence-corrected chi connectivity index (χ4v) is 6.25. The number of thioether (sulfide) groups is 1. The van der Waals surface area contributed by atoms with Gasteiger partial charge >= 0.3 is 0 Å². The topological polar surface area (TPSA) is 38.7 Å². The van der Waals surface area contributed by atoms with Crippen molar-refractivity contribution < 1.29 is 0 Å². The molecule has 0 bridgehead atoms. The first-order valence-electron chi connectivity index (χ1n) is 9.64. The molecule has 4 aromatic rings. The summed E-state index contributed by atoms with van der Waals surface area (Å²) in [6.07, 6.45) is 7.60. The third-order valence-corrected chi connectivity index (χ3v) is 7.51. The van der Waals surface area contributed by atoms with E-state index in [0.29, 0.717) is 0 Å². The molecule has 3 nitrogen and oxygen atoms in total. The number of hydrogen-bond donors (Lipinski definition) is 0. The summed E-state index contributed by atoms with van der Waals surface area (Å²) in [7, 11) is 0. The van der Waals surface area contributed by atoms with E-state index in [0.717, 1.165) is 39.7 Å². The Labute approximate surface area is 167 Å². The van der Waals surface area contributed by atoms with Crippen LogP contribution in [-0.2, 0) is 12.8 Å². The number of fused-ring (bicyclic) bond motifs is 5. The van der Waals surface area contributed by atoms with Crippen LogP contribution in [0.2, 0.25) is 0 Å². The Morgan fingerprint density at radius 3 is 2.78 bits per heavy atom. The standard InChI is InChI=1S/C22H21N3S2/c1-2-3-12-26-22-20-19(23-13-24-22)17-15-10-7-11-16(15)18(25-21(17)27-20)14-8-5-4-6-9-14/h4-6,8-9,13H,2-3,7,10-12H2,1H3. The number of rotatable bonds is 5. The SMILES string of the molecule is CCCCSc1ncnc2c1sc1nc(-c3ccccc3)c3c(c12)CCC3. The summed E-state index contributed by atoms with van der Waals surface area (Å²) in [6.45, 7) is 2.23. The number of aryl methyl sites for hydroxylation is 1. The van der Waals surface area contributed by atoms with Gasteiger partial charge in [-0.15, -0.1) is 23.1 Å². The van der Waals surface area contributed by atoms with Crippen molar-refractivity contribution in [2.45, 2.75) is 44.1 Å². The van der Waals surface area contributed by atoms with Crippen molar-refractivity contribution in [1.29, 1.82) is 0 Å². The lowest BCUT2D eigenvalue weighted by molar-refractivity contribution is 0.895. The minimum absolute atomic E-state index is 1.11. The zero-order valence-corrected chi connectivity index (χ0v) is 17.0. The van der Waals surface area contributed by atoms with E-state index in [1.54, 1.807) is 17.7 Å². The molecule has 0 amide bonds. The van der Waals surface area contributed by atoms with E-state index in [9.17, 15) is 0 Å². The fourth-order valence-electron chi connectivity index (χ4n) is 3.93. The zero-order valence-electron chi connectivity index (χ0n) is 15.4. The Balaban J connectivity index is 1.74. The van der Waals surface area contributed by atoms with Gasteiger partial charge in [0.25, 0.3) is 0 Å². The average molecular weight is 392 g/mol. The van der Waals surface area contributed by atoms with E-state index in [4.69, 9.17) is 4.98 Å². The highest BCUT2D eigenvalue weighted by molar-refractivity contribution is 7.99. The van der Waals surface area contributed by atoms with E-state index in [1.807, 2.05) is 11.8 Å². The second-order valence-corrected chi connectivity index (χ2v) is 9.06. The maximum atomic E-state index is 5.13. The molecule has 0 fully saturated rings. The van der Waals surface area contributed by atoms with Crippen LogP contribution in [0.25, 0.3) is 31.7 Å². The largest absolute Gasteiger partial charge is 0.236 e. The number of nitrogens with zero attached hydrogens (tertiary/aromatic N) is 3. The average Bonchev–Trinajstić information content (AvgIpc) is 3.32. The highest BCUT2D eigenvalue weighted by Crippen LogP contribution is 2.43. The normalized spacial score (nSPS) is 13.5. The quantitative estimate of drug-likeness (QED) is 0.228. The summed E-state index contributed by atoms with van der Waals surface area (Å²) in [4.78, 5) is 15.5. The van der Waals surface area contributed by atoms with Crippen LogP contribution in [0.3, 0.4) is 0 Å². The van der Waals surface area contributed by atoms with Gasteiger partial charge in [0.1, 0.15) is 16.2 Å². The van der Waals surface area contributed by atoms with Crippen molar-refractivity contribution in [1.82, 2.24) is 15.0 Å². The molecule has 3 aromatic heterocycles. The monoisotopic (exact) mass is 391 g/mol. The molecule has 0 atom stereocenters. The van der Waals surface area contributed by atoms with Gasteiger partial charge in [0, 0.05) is 10.9 Å². The first kappa shape index (κ1) is 17.1. The molecular formula is C22H21N3S2. The van der Waals surface area contributed by atoms with E-state index in [1.165, 1.54) is 46.0 Å². The molecule has 3 heterocycles. The molecule has 136 valence electrons. The van der Waals surface area contributed by atoms with E-state index < -0.39 is 0 Å². The van der Waals surface area contributed by atoms with Gasteiger partial charge in [-0.2, -0.15) is 0 Å². The summed E-state index contributed by atoms with van der Waals surface area (Å²) < 4.78 is 1.21. The van der Waals surface area contributed by atoms with Crippen LogP contribution in [0.1, 0.15) is 37.3 Å². The van der Waals surface area contributed by atoms with Gasteiger partial charge in [-0.3, -0.25) is 0 Å². The number of benzene rings is 1. The van der Waals surface area contributed by atoms with Gasteiger partial charge < -0.3 is 0 Å². The van der Waals surface area contributed by atoms with Crippen molar-refractivity contribution in [2.24, 2.45) is 0 Å². The lowest BCUT2D eigenvalue weighted by Crippen LogP contribution is -1.94. The highest BCUT2D eigenvalue weighted by atomic mass is 32.2. The number of thiophene rings is 1. The molecule has 0 unspecified atom stereocenters. The van der Waals surface area contributed by atoms with Crippen LogP contribution in [-0.4, -0.2) is 20.7 Å². The molecule has 1 aliphatic carbocycles. The lowest BCUT2D eigenvalue weighted by Gasteiger charge is -2.09. The van der Waals surface area contributed by atoms with Gasteiger partial charge in [-0.05, 0) is 42.6 Å². The predicted octanol–water partition coefficient (Wildman–Crippen LogP) is 6.29. The molecule has 0 saturated heterocycles. The van der Waals surface area contributed by atoms with Crippen molar-refractivity contribution in [3.63, 3.8) is 0 Å². The van der Waals surface area contributed by atoms with Gasteiger partial charge in [0.2, 0.25) is 0 Å². The first-order chi connectivity index (χ1) is 13.4. The Morgan fingerprint density at radius 2 is 1.93 bits per heavy atom. The second kappa shape index (κ2) is 7.21. The van der Waals surface area contributed by atoms with Gasteiger partial charge in [0.15, 0.2) is 0 Å². The third-order valence-electron chi connectivity index (χ3n) is 5.22. The number of hydrogen-bond acceptors (Lipinski definition) is 5. The van der Waals surface area contributed by atoms with Crippen LogP contribution in [0.4, 0.5) is 0 Å². The third kappa shape index (κ3) is 2.93. The van der Waals surface area contributed by atoms with Crippen molar-refractivity contribution >= 4 is 43.5 Å². The summed E-state index contributed by atoms with van der Waals surface area (Å²) in [6, 6.07) is 10.6. The van der Waals surface area contributed by atoms with E-state index >= 15 is 0 Å². The lowest BCUT2D eigenvalue weighted by atomic mass is 10.0. The fraction of sp³-hybridized carbons (Fsp3) is 0.318. The second-order valence-electron chi connectivity index (χ2n) is 6.98. The van der Waals surface area contributed by atoms with Crippen LogP contribution in [0.15, 0.2) is 41.7 Å². The van der Waals surface area contributed by atoms with Gasteiger partial charge in [0.05, 0.1) is 15.9 Å². The number of pyridine rings is 1.